The molecule has 1 aliphatic carbocycles. The fraction of sp³-hybridized carbons (Fsp3) is 0.393. The Labute approximate surface area is 213 Å². The van der Waals surface area contributed by atoms with Crippen molar-refractivity contribution in [2.45, 2.75) is 59.0 Å². The summed E-state index contributed by atoms with van der Waals surface area (Å²) in [5.41, 5.74) is 1.29. The number of nitrogens with zero attached hydrogens (tertiary/aromatic N) is 2. The molecule has 0 bridgehead atoms. The predicted molar refractivity (Wildman–Crippen MR) is 133 cm³/mol. The molecule has 0 saturated heterocycles. The third kappa shape index (κ3) is 6.03. The van der Waals surface area contributed by atoms with Crippen molar-refractivity contribution in [3.8, 4) is 11.3 Å². The number of benzene rings is 2. The molecular weight excluding hydrogens is 483 g/mol. The standard InChI is InChI=1S/C28H30F3N3O3/c1-28(2,3)19-8-10-20(11-9-19)32-26(35)24-14-23(18-12-21(29)25(31)22(30)13-18)33-34(24)15-16-4-6-17(7-5-16)27(36)37/h4-7,12-14,19-20H,8-11,15H2,1-3H3,(H,32,35)(H,36,37)/t19-,20+. The number of hydrogen-bond donors (Lipinski definition) is 2. The number of hydrogen-bond acceptors (Lipinski definition) is 3. The number of nitrogens with one attached hydrogen (secondary N) is 1. The SMILES string of the molecule is CC(C)(C)[C@H]1CC[C@@H](NC(=O)c2cc(-c3cc(F)c(F)c(F)c3)nn2Cc2ccc(C(=O)O)cc2)CC1. The number of aromatic carboxylic acids is 1. The van der Waals surface area contributed by atoms with E-state index >= 15 is 0 Å². The maximum Gasteiger partial charge on any atom is 0.335 e. The zero-order valence-corrected chi connectivity index (χ0v) is 21.0. The highest BCUT2D eigenvalue weighted by molar-refractivity contribution is 5.94. The Bertz CT molecular complexity index is 1280. The second-order valence-corrected chi connectivity index (χ2v) is 10.7. The van der Waals surface area contributed by atoms with Gasteiger partial charge in [0, 0.05) is 11.6 Å². The van der Waals surface area contributed by atoms with Crippen LogP contribution in [0.2, 0.25) is 0 Å². The van der Waals surface area contributed by atoms with Crippen LogP contribution in [0.1, 0.15) is 72.9 Å². The molecule has 1 fully saturated rings. The summed E-state index contributed by atoms with van der Waals surface area (Å²) in [4.78, 5) is 24.5. The number of aromatic nitrogens is 2. The molecule has 1 heterocycles. The van der Waals surface area contributed by atoms with E-state index in [0.29, 0.717) is 11.5 Å². The number of amides is 1. The maximum absolute atomic E-state index is 13.9. The molecule has 1 aromatic heterocycles. The van der Waals surface area contributed by atoms with Crippen LogP contribution in [0.25, 0.3) is 11.3 Å². The van der Waals surface area contributed by atoms with E-state index in [1.165, 1.54) is 22.9 Å². The summed E-state index contributed by atoms with van der Waals surface area (Å²) in [6, 6.07) is 9.20. The number of carboxylic acid groups (broad SMARTS) is 1. The van der Waals surface area contributed by atoms with Crippen LogP contribution in [0.15, 0.2) is 42.5 Å². The van der Waals surface area contributed by atoms with Crippen LogP contribution in [0, 0.1) is 28.8 Å². The summed E-state index contributed by atoms with van der Waals surface area (Å²) in [6.07, 6.45) is 3.70. The summed E-state index contributed by atoms with van der Waals surface area (Å²) in [7, 11) is 0. The van der Waals surface area contributed by atoms with Crippen LogP contribution in [0.5, 0.6) is 0 Å². The van der Waals surface area contributed by atoms with E-state index in [-0.39, 0.29) is 46.4 Å². The quantitative estimate of drug-likeness (QED) is 0.393. The van der Waals surface area contributed by atoms with E-state index in [0.717, 1.165) is 37.8 Å². The molecule has 0 atom stereocenters. The van der Waals surface area contributed by atoms with E-state index in [1.54, 1.807) is 12.1 Å². The van der Waals surface area contributed by atoms with Crippen LogP contribution in [0.3, 0.4) is 0 Å². The zero-order chi connectivity index (χ0) is 26.9. The van der Waals surface area contributed by atoms with Crippen molar-refractivity contribution in [2.24, 2.45) is 11.3 Å². The summed E-state index contributed by atoms with van der Waals surface area (Å²) < 4.78 is 42.7. The van der Waals surface area contributed by atoms with Gasteiger partial charge in [-0.15, -0.1) is 0 Å². The van der Waals surface area contributed by atoms with Gasteiger partial charge in [-0.1, -0.05) is 32.9 Å². The number of carbonyl (C=O) groups is 2. The summed E-state index contributed by atoms with van der Waals surface area (Å²) >= 11 is 0. The van der Waals surface area contributed by atoms with Crippen LogP contribution >= 0.6 is 0 Å². The highest BCUT2D eigenvalue weighted by atomic mass is 19.2. The minimum Gasteiger partial charge on any atom is -0.478 e. The van der Waals surface area contributed by atoms with Crippen molar-refractivity contribution >= 4 is 11.9 Å². The van der Waals surface area contributed by atoms with Crippen molar-refractivity contribution < 1.29 is 27.9 Å². The van der Waals surface area contributed by atoms with Crippen molar-refractivity contribution in [1.82, 2.24) is 15.1 Å². The Balaban J connectivity index is 1.61. The van der Waals surface area contributed by atoms with Crippen molar-refractivity contribution in [2.75, 3.05) is 0 Å². The maximum atomic E-state index is 13.9. The minimum atomic E-state index is -1.58. The molecule has 3 aromatic rings. The Hall–Kier alpha value is -3.62. The monoisotopic (exact) mass is 513 g/mol. The Morgan fingerprint density at radius 3 is 2.14 bits per heavy atom. The lowest BCUT2D eigenvalue weighted by Crippen LogP contribution is -2.40. The lowest BCUT2D eigenvalue weighted by Gasteiger charge is -2.37. The Kier molecular flexibility index (Phi) is 7.43. The van der Waals surface area contributed by atoms with E-state index in [2.05, 4.69) is 31.2 Å². The fourth-order valence-electron chi connectivity index (χ4n) is 4.85. The van der Waals surface area contributed by atoms with Gasteiger partial charge in [0.05, 0.1) is 17.8 Å². The summed E-state index contributed by atoms with van der Waals surface area (Å²) in [6.45, 7) is 6.79. The van der Waals surface area contributed by atoms with Gasteiger partial charge in [0.2, 0.25) is 0 Å². The third-order valence-corrected chi connectivity index (χ3v) is 7.11. The number of carboxylic acids is 1. The Morgan fingerprint density at radius 1 is 1.00 bits per heavy atom. The number of halogens is 3. The van der Waals surface area contributed by atoms with Crippen LogP contribution in [0.4, 0.5) is 13.2 Å². The number of carbonyl (C=O) groups excluding carboxylic acids is 1. The molecule has 9 heteroatoms. The lowest BCUT2D eigenvalue weighted by molar-refractivity contribution is 0.0696. The topological polar surface area (TPSA) is 84.2 Å². The molecule has 37 heavy (non-hydrogen) atoms. The van der Waals surface area contributed by atoms with Crippen LogP contribution in [-0.4, -0.2) is 32.8 Å². The average Bonchev–Trinajstić information content (AvgIpc) is 3.26. The first kappa shape index (κ1) is 26.4. The highest BCUT2D eigenvalue weighted by Gasteiger charge is 2.31. The van der Waals surface area contributed by atoms with Crippen molar-refractivity contribution in [1.29, 1.82) is 0 Å². The van der Waals surface area contributed by atoms with Gasteiger partial charge in [0.15, 0.2) is 17.5 Å². The molecule has 1 amide bonds. The van der Waals surface area contributed by atoms with Gasteiger partial charge in [0.25, 0.3) is 5.91 Å². The smallest absolute Gasteiger partial charge is 0.335 e. The van der Waals surface area contributed by atoms with Crippen LogP contribution in [-0.2, 0) is 6.54 Å². The van der Waals surface area contributed by atoms with E-state index in [9.17, 15) is 22.8 Å². The first-order chi connectivity index (χ1) is 17.4. The van der Waals surface area contributed by atoms with Gasteiger partial charge in [-0.25, -0.2) is 18.0 Å². The van der Waals surface area contributed by atoms with Gasteiger partial charge in [-0.05, 0) is 72.9 Å². The summed E-state index contributed by atoms with van der Waals surface area (Å²) in [5.74, 6) is -5.14. The molecule has 1 saturated carbocycles. The molecule has 1 aliphatic rings. The average molecular weight is 514 g/mol. The van der Waals surface area contributed by atoms with Crippen LogP contribution < -0.4 is 5.32 Å². The molecule has 196 valence electrons. The molecule has 0 spiro atoms. The Morgan fingerprint density at radius 2 is 1.59 bits per heavy atom. The molecule has 6 nitrogen and oxygen atoms in total. The fourth-order valence-corrected chi connectivity index (χ4v) is 4.85. The second kappa shape index (κ2) is 10.4. The first-order valence-corrected chi connectivity index (χ1v) is 12.3. The zero-order valence-electron chi connectivity index (χ0n) is 21.0. The largest absolute Gasteiger partial charge is 0.478 e. The molecule has 0 unspecified atom stereocenters. The second-order valence-electron chi connectivity index (χ2n) is 10.7. The molecule has 2 N–H and O–H groups in total. The van der Waals surface area contributed by atoms with Gasteiger partial charge < -0.3 is 10.4 Å². The van der Waals surface area contributed by atoms with Gasteiger partial charge in [-0.3, -0.25) is 9.48 Å². The third-order valence-electron chi connectivity index (χ3n) is 7.11. The van der Waals surface area contributed by atoms with Gasteiger partial charge >= 0.3 is 5.97 Å². The first-order valence-electron chi connectivity index (χ1n) is 12.3. The van der Waals surface area contributed by atoms with E-state index in [4.69, 9.17) is 5.11 Å². The van der Waals surface area contributed by atoms with Gasteiger partial charge in [-0.2, -0.15) is 5.10 Å². The molecule has 4 rings (SSSR count). The van der Waals surface area contributed by atoms with Crippen molar-refractivity contribution in [3.63, 3.8) is 0 Å². The van der Waals surface area contributed by atoms with E-state index in [1.807, 2.05) is 0 Å². The molecule has 2 aromatic carbocycles. The molecular formula is C28H30F3N3O3. The predicted octanol–water partition coefficient (Wildman–Crippen LogP) is 6.05. The molecule has 0 aliphatic heterocycles. The lowest BCUT2D eigenvalue weighted by atomic mass is 9.71. The normalized spacial score (nSPS) is 18.0. The molecule has 0 radical (unpaired) electrons. The van der Waals surface area contributed by atoms with Crippen molar-refractivity contribution in [3.05, 3.63) is 76.7 Å². The summed E-state index contributed by atoms with van der Waals surface area (Å²) in [5, 5.41) is 16.6. The minimum absolute atomic E-state index is 0.00360. The number of rotatable bonds is 6. The highest BCUT2D eigenvalue weighted by Crippen LogP contribution is 2.37. The van der Waals surface area contributed by atoms with E-state index < -0.39 is 23.4 Å². The van der Waals surface area contributed by atoms with Gasteiger partial charge in [0.1, 0.15) is 5.69 Å².